The molecule has 0 aliphatic carbocycles. The highest BCUT2D eigenvalue weighted by molar-refractivity contribution is 9.10. The Balaban J connectivity index is 2.16. The number of rotatable bonds is 5. The lowest BCUT2D eigenvalue weighted by molar-refractivity contribution is 0.573. The predicted octanol–water partition coefficient (Wildman–Crippen LogP) is 2.78. The second-order valence-electron chi connectivity index (χ2n) is 5.25. The molecule has 1 heterocycles. The Bertz CT molecular complexity index is 599. The summed E-state index contributed by atoms with van der Waals surface area (Å²) < 4.78 is 28.6. The molecule has 0 spiro atoms. The summed E-state index contributed by atoms with van der Waals surface area (Å²) in [4.78, 5) is 0.318. The van der Waals surface area contributed by atoms with Crippen LogP contribution in [0.1, 0.15) is 30.4 Å². The standard InChI is InChI=1S/C14H21BrN2O2S2/c1-10-13(15)6-11(8-16)7-14(10)21(18,19)17-9-12-4-2-3-5-20-12/h6-7,12,17H,2-5,8-9,16H2,1H3. The van der Waals surface area contributed by atoms with Gasteiger partial charge in [-0.15, -0.1) is 0 Å². The summed E-state index contributed by atoms with van der Waals surface area (Å²) >= 11 is 5.26. The van der Waals surface area contributed by atoms with E-state index in [1.54, 1.807) is 13.0 Å². The molecule has 0 radical (unpaired) electrons. The lowest BCUT2D eigenvalue weighted by Crippen LogP contribution is -2.32. The van der Waals surface area contributed by atoms with Crippen molar-refractivity contribution in [3.63, 3.8) is 0 Å². The Hall–Kier alpha value is -0.0800. The van der Waals surface area contributed by atoms with Crippen LogP contribution in [0.5, 0.6) is 0 Å². The molecule has 0 aromatic heterocycles. The first kappa shape index (κ1) is 17.3. The fraction of sp³-hybridized carbons (Fsp3) is 0.571. The van der Waals surface area contributed by atoms with E-state index in [9.17, 15) is 8.42 Å². The van der Waals surface area contributed by atoms with Gasteiger partial charge in [0.2, 0.25) is 10.0 Å². The maximum absolute atomic E-state index is 12.5. The van der Waals surface area contributed by atoms with Crippen LogP contribution >= 0.6 is 27.7 Å². The van der Waals surface area contributed by atoms with Crippen molar-refractivity contribution in [2.24, 2.45) is 5.73 Å². The molecule has 1 aliphatic rings. The molecule has 1 aromatic carbocycles. The molecule has 118 valence electrons. The molecule has 0 amide bonds. The lowest BCUT2D eigenvalue weighted by atomic mass is 10.1. The maximum Gasteiger partial charge on any atom is 0.240 e. The van der Waals surface area contributed by atoms with Gasteiger partial charge in [0.25, 0.3) is 0 Å². The molecule has 2 rings (SSSR count). The summed E-state index contributed by atoms with van der Waals surface area (Å²) in [6.45, 7) is 2.62. The number of hydrogen-bond acceptors (Lipinski definition) is 4. The van der Waals surface area contributed by atoms with E-state index in [4.69, 9.17) is 5.73 Å². The van der Waals surface area contributed by atoms with Crippen molar-refractivity contribution in [1.29, 1.82) is 0 Å². The number of halogens is 1. The molecule has 1 fully saturated rings. The third-order valence-corrected chi connectivity index (χ3v) is 7.43. The normalized spacial score (nSPS) is 19.7. The zero-order chi connectivity index (χ0) is 15.5. The first-order valence-electron chi connectivity index (χ1n) is 7.04. The van der Waals surface area contributed by atoms with E-state index in [2.05, 4.69) is 20.7 Å². The lowest BCUT2D eigenvalue weighted by Gasteiger charge is -2.21. The van der Waals surface area contributed by atoms with Crippen molar-refractivity contribution >= 4 is 37.7 Å². The van der Waals surface area contributed by atoms with E-state index in [1.807, 2.05) is 17.8 Å². The zero-order valence-corrected chi connectivity index (χ0v) is 15.3. The van der Waals surface area contributed by atoms with Gasteiger partial charge in [0, 0.05) is 22.8 Å². The average molecular weight is 393 g/mol. The van der Waals surface area contributed by atoms with Crippen LogP contribution in [-0.2, 0) is 16.6 Å². The highest BCUT2D eigenvalue weighted by atomic mass is 79.9. The van der Waals surface area contributed by atoms with Crippen molar-refractivity contribution < 1.29 is 8.42 Å². The Morgan fingerprint density at radius 2 is 2.19 bits per heavy atom. The van der Waals surface area contributed by atoms with Crippen molar-refractivity contribution in [2.45, 2.75) is 42.9 Å². The fourth-order valence-electron chi connectivity index (χ4n) is 2.35. The topological polar surface area (TPSA) is 72.2 Å². The Morgan fingerprint density at radius 1 is 1.43 bits per heavy atom. The minimum atomic E-state index is -3.49. The molecule has 0 bridgehead atoms. The fourth-order valence-corrected chi connectivity index (χ4v) is 5.73. The van der Waals surface area contributed by atoms with Crippen LogP contribution in [0.4, 0.5) is 0 Å². The van der Waals surface area contributed by atoms with Crippen LogP contribution in [0.2, 0.25) is 0 Å². The van der Waals surface area contributed by atoms with Crippen LogP contribution in [0.25, 0.3) is 0 Å². The van der Waals surface area contributed by atoms with Crippen molar-refractivity contribution in [3.8, 4) is 0 Å². The molecular formula is C14H21BrN2O2S2. The smallest absolute Gasteiger partial charge is 0.240 e. The number of hydrogen-bond donors (Lipinski definition) is 2. The number of nitrogens with two attached hydrogens (primary N) is 1. The number of nitrogens with one attached hydrogen (secondary N) is 1. The van der Waals surface area contributed by atoms with Crippen LogP contribution in [-0.4, -0.2) is 26.0 Å². The van der Waals surface area contributed by atoms with Gasteiger partial charge in [-0.3, -0.25) is 0 Å². The van der Waals surface area contributed by atoms with Gasteiger partial charge in [0.05, 0.1) is 4.90 Å². The Morgan fingerprint density at radius 3 is 2.81 bits per heavy atom. The summed E-state index contributed by atoms with van der Waals surface area (Å²) in [6.07, 6.45) is 3.50. The second kappa shape index (κ2) is 7.46. The number of benzene rings is 1. The maximum atomic E-state index is 12.5. The molecule has 1 saturated heterocycles. The van der Waals surface area contributed by atoms with Crippen molar-refractivity contribution in [1.82, 2.24) is 4.72 Å². The molecule has 4 nitrogen and oxygen atoms in total. The largest absolute Gasteiger partial charge is 0.326 e. The summed E-state index contributed by atoms with van der Waals surface area (Å²) in [5.41, 5.74) is 7.16. The van der Waals surface area contributed by atoms with Gasteiger partial charge in [-0.25, -0.2) is 13.1 Å². The molecule has 21 heavy (non-hydrogen) atoms. The van der Waals surface area contributed by atoms with Gasteiger partial charge >= 0.3 is 0 Å². The molecular weight excluding hydrogens is 372 g/mol. The van der Waals surface area contributed by atoms with E-state index in [1.165, 1.54) is 12.8 Å². The summed E-state index contributed by atoms with van der Waals surface area (Å²) in [5.74, 6) is 1.12. The van der Waals surface area contributed by atoms with E-state index in [0.29, 0.717) is 23.2 Å². The minimum Gasteiger partial charge on any atom is -0.326 e. The molecule has 1 atom stereocenters. The van der Waals surface area contributed by atoms with Crippen molar-refractivity contribution in [2.75, 3.05) is 12.3 Å². The molecule has 0 saturated carbocycles. The zero-order valence-electron chi connectivity index (χ0n) is 12.1. The third-order valence-electron chi connectivity index (χ3n) is 3.66. The first-order valence-corrected chi connectivity index (χ1v) is 10.4. The highest BCUT2D eigenvalue weighted by Crippen LogP contribution is 2.27. The molecule has 1 aromatic rings. The average Bonchev–Trinajstić information content (AvgIpc) is 2.48. The summed E-state index contributed by atoms with van der Waals surface area (Å²) in [6, 6.07) is 3.53. The quantitative estimate of drug-likeness (QED) is 0.807. The number of sulfonamides is 1. The predicted molar refractivity (Wildman–Crippen MR) is 92.1 cm³/mol. The van der Waals surface area contributed by atoms with E-state index >= 15 is 0 Å². The minimum absolute atomic E-state index is 0.318. The van der Waals surface area contributed by atoms with Crippen LogP contribution in [0.3, 0.4) is 0 Å². The molecule has 3 N–H and O–H groups in total. The van der Waals surface area contributed by atoms with Gasteiger partial charge in [-0.2, -0.15) is 11.8 Å². The van der Waals surface area contributed by atoms with Crippen LogP contribution < -0.4 is 10.5 Å². The molecule has 7 heteroatoms. The SMILES string of the molecule is Cc1c(Br)cc(CN)cc1S(=O)(=O)NCC1CCCCS1. The Kier molecular flexibility index (Phi) is 6.14. The first-order chi connectivity index (χ1) is 9.94. The van der Waals surface area contributed by atoms with Crippen LogP contribution in [0.15, 0.2) is 21.5 Å². The summed E-state index contributed by atoms with van der Waals surface area (Å²) in [5, 5.41) is 0.384. The van der Waals surface area contributed by atoms with Gasteiger partial charge in [-0.05, 0) is 48.8 Å². The van der Waals surface area contributed by atoms with Gasteiger partial charge < -0.3 is 5.73 Å². The second-order valence-corrected chi connectivity index (χ2v) is 9.24. The highest BCUT2D eigenvalue weighted by Gasteiger charge is 2.22. The van der Waals surface area contributed by atoms with Crippen LogP contribution in [0, 0.1) is 6.92 Å². The number of thioether (sulfide) groups is 1. The van der Waals surface area contributed by atoms with E-state index in [0.717, 1.165) is 27.8 Å². The van der Waals surface area contributed by atoms with Gasteiger partial charge in [0.15, 0.2) is 0 Å². The van der Waals surface area contributed by atoms with Gasteiger partial charge in [0.1, 0.15) is 0 Å². The van der Waals surface area contributed by atoms with E-state index in [-0.39, 0.29) is 0 Å². The summed E-state index contributed by atoms with van der Waals surface area (Å²) in [7, 11) is -3.49. The molecule has 1 unspecified atom stereocenters. The van der Waals surface area contributed by atoms with Gasteiger partial charge in [-0.1, -0.05) is 22.4 Å². The molecule has 1 aliphatic heterocycles. The van der Waals surface area contributed by atoms with Crippen molar-refractivity contribution in [3.05, 3.63) is 27.7 Å². The monoisotopic (exact) mass is 392 g/mol. The Labute approximate surface area is 139 Å². The van der Waals surface area contributed by atoms with E-state index < -0.39 is 10.0 Å². The third kappa shape index (κ3) is 4.45.